The van der Waals surface area contributed by atoms with Crippen LogP contribution in [0.5, 0.6) is 5.75 Å². The maximum absolute atomic E-state index is 7.42. The fourth-order valence-corrected chi connectivity index (χ4v) is 14.7. The summed E-state index contributed by atoms with van der Waals surface area (Å²) in [4.78, 5) is 9.89. The summed E-state index contributed by atoms with van der Waals surface area (Å²) in [6, 6.07) is 102. The number of anilines is 9. The Morgan fingerprint density at radius 2 is 0.925 bits per heavy atom. The largest absolute Gasteiger partial charge is 0.551 e. The van der Waals surface area contributed by atoms with E-state index in [4.69, 9.17) is 4.65 Å². The van der Waals surface area contributed by atoms with Crippen LogP contribution < -0.4 is 46.7 Å². The predicted octanol–water partition coefficient (Wildman–Crippen LogP) is 15.6. The number of hydrogen-bond acceptors (Lipinski definition) is 5. The summed E-state index contributed by atoms with van der Waals surface area (Å²) in [6.45, 7) is -0.478. The van der Waals surface area contributed by atoms with E-state index in [9.17, 15) is 0 Å². The predicted molar refractivity (Wildman–Crippen MR) is 337 cm³/mol. The van der Waals surface area contributed by atoms with Gasteiger partial charge in [0.25, 0.3) is 6.71 Å². The van der Waals surface area contributed by atoms with E-state index in [-0.39, 0.29) is 13.6 Å². The first-order valence-corrected chi connectivity index (χ1v) is 28.3. The van der Waals surface area contributed by atoms with Crippen LogP contribution >= 0.6 is 11.8 Å². The van der Waals surface area contributed by atoms with E-state index >= 15 is 0 Å². The van der Waals surface area contributed by atoms with Crippen LogP contribution in [-0.2, 0) is 0 Å². The van der Waals surface area contributed by atoms with Crippen molar-refractivity contribution in [2.75, 3.05) is 14.7 Å². The molecular formula is C72H46B2N4OS. The Balaban J connectivity index is 0.962. The van der Waals surface area contributed by atoms with Gasteiger partial charge in [0.05, 0.1) is 22.4 Å². The Morgan fingerprint density at radius 1 is 0.350 bits per heavy atom. The first kappa shape index (κ1) is 45.2. The molecule has 372 valence electrons. The van der Waals surface area contributed by atoms with Crippen molar-refractivity contribution in [3.8, 4) is 33.7 Å². The number of benzene rings is 12. The molecule has 4 aliphatic heterocycles. The number of nitrogens with zero attached hydrogens (tertiary/aromatic N) is 4. The number of aromatic nitrogens is 1. The average molecular weight is 1040 g/mol. The first-order chi connectivity index (χ1) is 39.7. The Kier molecular flexibility index (Phi) is 10.1. The molecule has 0 unspecified atom stereocenters. The standard InChI is InChI=1S/C72H46B2N4OS/c1-5-23-47(24-6-1)53-31-13-18-36-61(53)78-65-46-69-60(74-71-57(56-34-16-22-40-68(56)79-74)41-51(44-70(71)80-69)77-62-37-19-14-32-54(62)55-33-15-20-38-63(55)77)45-59(65)73-58-35-17-21-39-64(58)76(50-29-11-4-12-30-50)66-42-52(43-67(78)72(66)73)75(48-25-7-2-8-26-48)49-27-9-3-10-28-49/h1-46H. The quantitative estimate of drug-likeness (QED) is 0.148. The van der Waals surface area contributed by atoms with Gasteiger partial charge in [-0.25, -0.2) is 0 Å². The fourth-order valence-electron chi connectivity index (χ4n) is 13.5. The van der Waals surface area contributed by atoms with Crippen LogP contribution in [0.1, 0.15) is 0 Å². The third kappa shape index (κ3) is 6.76. The molecule has 0 aliphatic carbocycles. The molecule has 17 rings (SSSR count). The summed E-state index contributed by atoms with van der Waals surface area (Å²) in [5.74, 6) is 0.896. The normalized spacial score (nSPS) is 13.2. The monoisotopic (exact) mass is 1040 g/mol. The lowest BCUT2D eigenvalue weighted by Crippen LogP contribution is -2.63. The number of hydrogen-bond donors (Lipinski definition) is 0. The van der Waals surface area contributed by atoms with Crippen molar-refractivity contribution < 1.29 is 4.65 Å². The van der Waals surface area contributed by atoms with Gasteiger partial charge < -0.3 is 23.9 Å². The van der Waals surface area contributed by atoms with Gasteiger partial charge in [-0.1, -0.05) is 194 Å². The topological polar surface area (TPSA) is 23.9 Å². The minimum atomic E-state index is -0.345. The molecule has 5 heterocycles. The van der Waals surface area contributed by atoms with Gasteiger partial charge in [0.2, 0.25) is 0 Å². The van der Waals surface area contributed by atoms with Crippen molar-refractivity contribution in [1.82, 2.24) is 4.57 Å². The molecule has 1 aromatic heterocycles. The second-order valence-electron chi connectivity index (χ2n) is 21.1. The highest BCUT2D eigenvalue weighted by Crippen LogP contribution is 2.51. The second kappa shape index (κ2) is 17.8. The summed E-state index contributed by atoms with van der Waals surface area (Å²) in [5.41, 5.74) is 24.3. The van der Waals surface area contributed by atoms with Crippen molar-refractivity contribution in [2.24, 2.45) is 0 Å². The van der Waals surface area contributed by atoms with Gasteiger partial charge in [-0.15, -0.1) is 0 Å². The molecule has 0 spiro atoms. The fraction of sp³-hybridized carbons (Fsp3) is 0. The van der Waals surface area contributed by atoms with Gasteiger partial charge in [0.15, 0.2) is 0 Å². The third-order valence-electron chi connectivity index (χ3n) is 16.8. The number of para-hydroxylation sites is 8. The summed E-state index contributed by atoms with van der Waals surface area (Å²) in [7, 11) is 0. The lowest BCUT2D eigenvalue weighted by molar-refractivity contribution is 0.588. The van der Waals surface area contributed by atoms with E-state index in [2.05, 4.69) is 298 Å². The second-order valence-corrected chi connectivity index (χ2v) is 22.2. The molecule has 0 saturated heterocycles. The van der Waals surface area contributed by atoms with Gasteiger partial charge in [-0.05, 0) is 136 Å². The lowest BCUT2D eigenvalue weighted by atomic mass is 9.33. The van der Waals surface area contributed by atoms with Gasteiger partial charge in [0.1, 0.15) is 5.75 Å². The maximum Gasteiger partial charge on any atom is 0.429 e. The molecule has 4 aliphatic rings. The highest BCUT2D eigenvalue weighted by atomic mass is 32.2. The minimum absolute atomic E-state index is 0.132. The molecule has 0 radical (unpaired) electrons. The molecule has 13 aromatic rings. The Labute approximate surface area is 469 Å². The van der Waals surface area contributed by atoms with E-state index in [1.165, 1.54) is 64.5 Å². The molecule has 0 N–H and O–H groups in total. The van der Waals surface area contributed by atoms with Gasteiger partial charge in [-0.3, -0.25) is 0 Å². The average Bonchev–Trinajstić information content (AvgIpc) is 4.01. The van der Waals surface area contributed by atoms with Crippen molar-refractivity contribution in [3.63, 3.8) is 0 Å². The molecule has 0 bridgehead atoms. The van der Waals surface area contributed by atoms with Crippen LogP contribution in [0.3, 0.4) is 0 Å². The molecule has 0 fully saturated rings. The SMILES string of the molecule is c1ccc(-c2ccccc2N2c3cc4c(cc3B3c5ccccc5N(c5ccccc5)c5cc(N(c6ccccc6)c6ccccc6)cc2c53)B2Oc3ccccc3-c3cc(-n5c6ccccc6c6ccccc65)cc(c32)S4)cc1. The van der Waals surface area contributed by atoms with Crippen molar-refractivity contribution in [3.05, 3.63) is 279 Å². The lowest BCUT2D eigenvalue weighted by Gasteiger charge is -2.46. The molecule has 0 amide bonds. The number of rotatable bonds is 7. The molecule has 80 heavy (non-hydrogen) atoms. The van der Waals surface area contributed by atoms with Crippen molar-refractivity contribution >= 4 is 126 Å². The van der Waals surface area contributed by atoms with Crippen LogP contribution in [0.4, 0.5) is 51.2 Å². The molecule has 5 nitrogen and oxygen atoms in total. The zero-order chi connectivity index (χ0) is 52.4. The molecule has 8 heteroatoms. The summed E-state index contributed by atoms with van der Waals surface area (Å²) >= 11 is 1.87. The van der Waals surface area contributed by atoms with Crippen LogP contribution in [0.2, 0.25) is 0 Å². The van der Waals surface area contributed by atoms with Gasteiger partial charge >= 0.3 is 6.92 Å². The third-order valence-corrected chi connectivity index (χ3v) is 17.9. The minimum Gasteiger partial charge on any atom is -0.551 e. The van der Waals surface area contributed by atoms with Crippen LogP contribution in [-0.4, -0.2) is 18.2 Å². The number of fused-ring (bicyclic) bond motifs is 11. The summed E-state index contributed by atoms with van der Waals surface area (Å²) in [5, 5.41) is 2.49. The summed E-state index contributed by atoms with van der Waals surface area (Å²) in [6.07, 6.45) is 0. The maximum atomic E-state index is 7.42. The zero-order valence-electron chi connectivity index (χ0n) is 43.3. The molecule has 0 saturated carbocycles. The van der Waals surface area contributed by atoms with Gasteiger partial charge in [0, 0.05) is 77.2 Å². The Hall–Kier alpha value is -9.88. The van der Waals surface area contributed by atoms with Crippen LogP contribution in [0.15, 0.2) is 289 Å². The van der Waals surface area contributed by atoms with E-state index in [1.54, 1.807) is 0 Å². The smallest absolute Gasteiger partial charge is 0.429 e. The van der Waals surface area contributed by atoms with E-state index < -0.39 is 0 Å². The zero-order valence-corrected chi connectivity index (χ0v) is 44.1. The highest BCUT2D eigenvalue weighted by Gasteiger charge is 2.47. The van der Waals surface area contributed by atoms with E-state index in [1.807, 2.05) is 11.8 Å². The van der Waals surface area contributed by atoms with Crippen LogP contribution in [0, 0.1) is 0 Å². The molecule has 0 atom stereocenters. The van der Waals surface area contributed by atoms with Crippen LogP contribution in [0.25, 0.3) is 49.7 Å². The Morgan fingerprint density at radius 3 is 1.64 bits per heavy atom. The van der Waals surface area contributed by atoms with Crippen molar-refractivity contribution in [2.45, 2.75) is 9.79 Å². The van der Waals surface area contributed by atoms with Gasteiger partial charge in [-0.2, -0.15) is 0 Å². The van der Waals surface area contributed by atoms with Crippen molar-refractivity contribution in [1.29, 1.82) is 0 Å². The Bertz CT molecular complexity index is 4560. The summed E-state index contributed by atoms with van der Waals surface area (Å²) < 4.78 is 9.87. The highest BCUT2D eigenvalue weighted by molar-refractivity contribution is 8.00. The first-order valence-electron chi connectivity index (χ1n) is 27.5. The van der Waals surface area contributed by atoms with E-state index in [0.717, 1.165) is 79.3 Å². The molecule has 12 aromatic carbocycles. The van der Waals surface area contributed by atoms with E-state index in [0.29, 0.717) is 0 Å². The molecular weight excluding hydrogens is 991 g/mol.